The molecule has 0 bridgehead atoms. The van der Waals surface area contributed by atoms with Crippen molar-refractivity contribution in [3.05, 3.63) is 23.9 Å². The molecule has 0 saturated heterocycles. The molecule has 0 radical (unpaired) electrons. The molecular formula is C13H17N3. The Bertz CT molecular complexity index is 408. The van der Waals surface area contributed by atoms with Crippen LogP contribution < -0.4 is 5.32 Å². The highest BCUT2D eigenvalue weighted by atomic mass is 15.0. The summed E-state index contributed by atoms with van der Waals surface area (Å²) in [7, 11) is 0. The lowest BCUT2D eigenvalue weighted by Gasteiger charge is -2.20. The maximum Gasteiger partial charge on any atom is 0.144 e. The molecule has 0 amide bonds. The predicted octanol–water partition coefficient (Wildman–Crippen LogP) is 2.80. The number of hydrogen-bond donors (Lipinski definition) is 1. The molecule has 0 aromatic carbocycles. The zero-order valence-corrected chi connectivity index (χ0v) is 9.77. The van der Waals surface area contributed by atoms with Gasteiger partial charge in [0.15, 0.2) is 0 Å². The Morgan fingerprint density at radius 1 is 1.44 bits per heavy atom. The van der Waals surface area contributed by atoms with E-state index in [1.807, 2.05) is 0 Å². The van der Waals surface area contributed by atoms with Gasteiger partial charge in [0, 0.05) is 12.2 Å². The van der Waals surface area contributed by atoms with E-state index in [-0.39, 0.29) is 0 Å². The van der Waals surface area contributed by atoms with Gasteiger partial charge in [-0.2, -0.15) is 5.26 Å². The van der Waals surface area contributed by atoms with Crippen LogP contribution >= 0.6 is 0 Å². The maximum atomic E-state index is 8.98. The summed E-state index contributed by atoms with van der Waals surface area (Å²) in [5.74, 6) is 2.14. The van der Waals surface area contributed by atoms with Gasteiger partial charge in [-0.3, -0.25) is 0 Å². The van der Waals surface area contributed by atoms with Crippen LogP contribution in [-0.4, -0.2) is 11.0 Å². The summed E-state index contributed by atoms with van der Waals surface area (Å²) in [6.45, 7) is 4.56. The molecule has 3 atom stereocenters. The smallest absolute Gasteiger partial charge is 0.144 e. The Hall–Kier alpha value is -1.56. The number of anilines is 1. The zero-order chi connectivity index (χ0) is 11.5. The van der Waals surface area contributed by atoms with Crippen LogP contribution in [-0.2, 0) is 0 Å². The Labute approximate surface area is 96.5 Å². The van der Waals surface area contributed by atoms with Crippen molar-refractivity contribution in [2.24, 2.45) is 11.8 Å². The molecule has 1 aliphatic rings. The molecule has 0 aliphatic heterocycles. The summed E-state index contributed by atoms with van der Waals surface area (Å²) in [6, 6.07) is 6.23. The van der Waals surface area contributed by atoms with E-state index in [2.05, 4.69) is 30.2 Å². The Morgan fingerprint density at radius 2 is 2.25 bits per heavy atom. The molecule has 1 fully saturated rings. The molecule has 1 heterocycles. The van der Waals surface area contributed by atoms with Crippen molar-refractivity contribution >= 4 is 5.82 Å². The molecule has 3 nitrogen and oxygen atoms in total. The monoisotopic (exact) mass is 215 g/mol. The molecule has 16 heavy (non-hydrogen) atoms. The number of aromatic nitrogens is 1. The third-order valence-electron chi connectivity index (χ3n) is 3.72. The molecule has 2 rings (SSSR count). The molecule has 84 valence electrons. The summed E-state index contributed by atoms with van der Waals surface area (Å²) in [6.07, 6.45) is 4.16. The van der Waals surface area contributed by atoms with Crippen LogP contribution in [0.25, 0.3) is 0 Å². The Morgan fingerprint density at radius 3 is 2.88 bits per heavy atom. The number of rotatable bonds is 2. The fourth-order valence-electron chi connectivity index (χ4n) is 2.35. The fourth-order valence-corrected chi connectivity index (χ4v) is 2.35. The summed E-state index contributed by atoms with van der Waals surface area (Å²) in [5.41, 5.74) is 0.634. The van der Waals surface area contributed by atoms with Crippen molar-refractivity contribution in [2.75, 3.05) is 5.32 Å². The molecule has 1 aromatic heterocycles. The lowest BCUT2D eigenvalue weighted by molar-refractivity contribution is 0.435. The highest BCUT2D eigenvalue weighted by Gasteiger charge is 2.30. The second-order valence-electron chi connectivity index (χ2n) is 4.68. The molecule has 0 spiro atoms. The van der Waals surface area contributed by atoms with Crippen molar-refractivity contribution < 1.29 is 0 Å². The maximum absolute atomic E-state index is 8.98. The first kappa shape index (κ1) is 10.9. The predicted molar refractivity (Wildman–Crippen MR) is 63.9 cm³/mol. The quantitative estimate of drug-likeness (QED) is 0.825. The van der Waals surface area contributed by atoms with Crippen molar-refractivity contribution in [3.8, 4) is 6.07 Å². The first-order chi connectivity index (χ1) is 7.72. The van der Waals surface area contributed by atoms with Gasteiger partial charge in [0.05, 0.1) is 5.56 Å². The van der Waals surface area contributed by atoms with Crippen LogP contribution in [0.4, 0.5) is 5.82 Å². The second-order valence-corrected chi connectivity index (χ2v) is 4.68. The SMILES string of the molecule is CC1CCC(Nc2ncccc2C#N)C1C. The number of nitrogens with one attached hydrogen (secondary N) is 1. The highest BCUT2D eigenvalue weighted by molar-refractivity contribution is 5.51. The number of nitrogens with zero attached hydrogens (tertiary/aromatic N) is 2. The van der Waals surface area contributed by atoms with E-state index in [1.54, 1.807) is 18.3 Å². The molecule has 1 N–H and O–H groups in total. The van der Waals surface area contributed by atoms with Crippen molar-refractivity contribution in [1.29, 1.82) is 5.26 Å². The van der Waals surface area contributed by atoms with E-state index in [0.717, 1.165) is 11.7 Å². The minimum Gasteiger partial charge on any atom is -0.366 e. The second kappa shape index (κ2) is 4.52. The van der Waals surface area contributed by atoms with Gasteiger partial charge in [-0.05, 0) is 36.8 Å². The van der Waals surface area contributed by atoms with Gasteiger partial charge in [0.1, 0.15) is 11.9 Å². The van der Waals surface area contributed by atoms with E-state index in [9.17, 15) is 0 Å². The van der Waals surface area contributed by atoms with Crippen LogP contribution in [0.2, 0.25) is 0 Å². The highest BCUT2D eigenvalue weighted by Crippen LogP contribution is 2.33. The lowest BCUT2D eigenvalue weighted by Crippen LogP contribution is -2.25. The summed E-state index contributed by atoms with van der Waals surface area (Å²) < 4.78 is 0. The van der Waals surface area contributed by atoms with Crippen molar-refractivity contribution in [3.63, 3.8) is 0 Å². The van der Waals surface area contributed by atoms with E-state index in [1.165, 1.54) is 12.8 Å². The van der Waals surface area contributed by atoms with Gasteiger partial charge in [-0.25, -0.2) is 4.98 Å². The Balaban J connectivity index is 2.13. The largest absolute Gasteiger partial charge is 0.366 e. The van der Waals surface area contributed by atoms with Crippen LogP contribution in [0.15, 0.2) is 18.3 Å². The first-order valence-electron chi connectivity index (χ1n) is 5.84. The molecular weight excluding hydrogens is 198 g/mol. The van der Waals surface area contributed by atoms with Crippen LogP contribution in [0.3, 0.4) is 0 Å². The van der Waals surface area contributed by atoms with E-state index in [4.69, 9.17) is 5.26 Å². The van der Waals surface area contributed by atoms with Crippen LogP contribution in [0, 0.1) is 23.2 Å². The average Bonchev–Trinajstić information content (AvgIpc) is 2.62. The molecule has 3 unspecified atom stereocenters. The van der Waals surface area contributed by atoms with Gasteiger partial charge < -0.3 is 5.32 Å². The lowest BCUT2D eigenvalue weighted by atomic mass is 9.98. The molecule has 1 saturated carbocycles. The van der Waals surface area contributed by atoms with Gasteiger partial charge >= 0.3 is 0 Å². The topological polar surface area (TPSA) is 48.7 Å². The average molecular weight is 215 g/mol. The van der Waals surface area contributed by atoms with Crippen LogP contribution in [0.5, 0.6) is 0 Å². The first-order valence-corrected chi connectivity index (χ1v) is 5.84. The molecule has 1 aromatic rings. The van der Waals surface area contributed by atoms with Crippen LogP contribution in [0.1, 0.15) is 32.3 Å². The third-order valence-corrected chi connectivity index (χ3v) is 3.72. The number of pyridine rings is 1. The van der Waals surface area contributed by atoms with E-state index in [0.29, 0.717) is 17.5 Å². The fraction of sp³-hybridized carbons (Fsp3) is 0.538. The number of nitriles is 1. The third kappa shape index (κ3) is 2.01. The standard InChI is InChI=1S/C13H17N3/c1-9-5-6-12(10(9)2)16-13-11(8-14)4-3-7-15-13/h3-4,7,9-10,12H,5-6H2,1-2H3,(H,15,16). The minimum atomic E-state index is 0.456. The minimum absolute atomic E-state index is 0.456. The molecule has 1 aliphatic carbocycles. The summed E-state index contributed by atoms with van der Waals surface area (Å²) in [4.78, 5) is 4.24. The Kier molecular flexibility index (Phi) is 3.09. The molecule has 3 heteroatoms. The summed E-state index contributed by atoms with van der Waals surface area (Å²) >= 11 is 0. The number of hydrogen-bond acceptors (Lipinski definition) is 3. The summed E-state index contributed by atoms with van der Waals surface area (Å²) in [5, 5.41) is 12.4. The van der Waals surface area contributed by atoms with Crippen molar-refractivity contribution in [1.82, 2.24) is 4.98 Å². The normalized spacial score (nSPS) is 28.7. The van der Waals surface area contributed by atoms with Gasteiger partial charge in [0.25, 0.3) is 0 Å². The van der Waals surface area contributed by atoms with Gasteiger partial charge in [-0.1, -0.05) is 13.8 Å². The van der Waals surface area contributed by atoms with Gasteiger partial charge in [-0.15, -0.1) is 0 Å². The van der Waals surface area contributed by atoms with E-state index >= 15 is 0 Å². The zero-order valence-electron chi connectivity index (χ0n) is 9.77. The van der Waals surface area contributed by atoms with Crippen molar-refractivity contribution in [2.45, 2.75) is 32.7 Å². The van der Waals surface area contributed by atoms with Gasteiger partial charge in [0.2, 0.25) is 0 Å². The van der Waals surface area contributed by atoms with E-state index < -0.39 is 0 Å².